The molecule has 1 aliphatic rings. The van der Waals surface area contributed by atoms with E-state index in [-0.39, 0.29) is 6.10 Å². The summed E-state index contributed by atoms with van der Waals surface area (Å²) in [5.74, 6) is 1.52. The van der Waals surface area contributed by atoms with E-state index < -0.39 is 0 Å². The molecule has 0 N–H and O–H groups in total. The molecule has 0 amide bonds. The lowest BCUT2D eigenvalue weighted by molar-refractivity contribution is 0.284. The Bertz CT molecular complexity index is 659. The first-order chi connectivity index (χ1) is 10.3. The molecule has 1 heterocycles. The maximum absolute atomic E-state index is 5.94. The molecule has 21 heavy (non-hydrogen) atoms. The summed E-state index contributed by atoms with van der Waals surface area (Å²) in [5.41, 5.74) is 2.99. The van der Waals surface area contributed by atoms with Crippen molar-refractivity contribution in [2.45, 2.75) is 6.10 Å². The van der Waals surface area contributed by atoms with Gasteiger partial charge in [0.2, 0.25) is 5.90 Å². The Kier molecular flexibility index (Phi) is 3.73. The molecule has 0 aromatic heterocycles. The number of nitrogens with zero attached hydrogens (tertiary/aromatic N) is 1. The molecule has 0 radical (unpaired) electrons. The molecule has 3 rings (SSSR count). The van der Waals surface area contributed by atoms with Crippen LogP contribution >= 0.6 is 0 Å². The molecule has 0 saturated carbocycles. The molecule has 1 atom stereocenters. The molecule has 1 aliphatic heterocycles. The molecule has 1 unspecified atom stereocenters. The van der Waals surface area contributed by atoms with Gasteiger partial charge in [0, 0.05) is 5.56 Å². The highest BCUT2D eigenvalue weighted by Gasteiger charge is 2.24. The molecule has 2 aromatic rings. The number of ether oxygens (including phenoxy) is 2. The number of aliphatic imine (C=N–C) groups is 1. The van der Waals surface area contributed by atoms with Gasteiger partial charge in [-0.15, -0.1) is 0 Å². The van der Waals surface area contributed by atoms with Crippen LogP contribution in [0.5, 0.6) is 5.75 Å². The van der Waals surface area contributed by atoms with Crippen molar-refractivity contribution in [3.8, 4) is 5.75 Å². The third kappa shape index (κ3) is 2.82. The highest BCUT2D eigenvalue weighted by Crippen LogP contribution is 2.25. The molecule has 0 saturated heterocycles. The second-order valence-corrected chi connectivity index (χ2v) is 4.87. The molecular weight excluding hydrogens is 262 g/mol. The Hall–Kier alpha value is -2.55. The second-order valence-electron chi connectivity index (χ2n) is 4.87. The number of benzene rings is 2. The molecule has 3 heteroatoms. The maximum Gasteiger partial charge on any atom is 0.216 e. The van der Waals surface area contributed by atoms with Crippen LogP contribution in [0.3, 0.4) is 0 Å². The van der Waals surface area contributed by atoms with Gasteiger partial charge in [-0.05, 0) is 35.4 Å². The molecule has 3 nitrogen and oxygen atoms in total. The highest BCUT2D eigenvalue weighted by atomic mass is 16.5. The second kappa shape index (κ2) is 5.83. The lowest BCUT2D eigenvalue weighted by Crippen LogP contribution is -2.15. The molecule has 106 valence electrons. The van der Waals surface area contributed by atoms with Gasteiger partial charge in [-0.1, -0.05) is 36.9 Å². The smallest absolute Gasteiger partial charge is 0.216 e. The van der Waals surface area contributed by atoms with Gasteiger partial charge < -0.3 is 9.47 Å². The Labute approximate surface area is 124 Å². The van der Waals surface area contributed by atoms with Gasteiger partial charge in [0.05, 0.1) is 13.7 Å². The standard InChI is InChI=1S/C18H17NO2/c1-13(14-8-10-16(20-2)11-9-14)17-12-19-18(21-17)15-6-4-3-5-7-15/h3-11,17H,1,12H2,2H3. The maximum atomic E-state index is 5.94. The van der Waals surface area contributed by atoms with E-state index in [1.165, 1.54) is 0 Å². The third-order valence-corrected chi connectivity index (χ3v) is 3.52. The van der Waals surface area contributed by atoms with Crippen molar-refractivity contribution in [2.24, 2.45) is 4.99 Å². The minimum absolute atomic E-state index is 0.103. The summed E-state index contributed by atoms with van der Waals surface area (Å²) >= 11 is 0. The number of hydrogen-bond acceptors (Lipinski definition) is 3. The average Bonchev–Trinajstić information content (AvgIpc) is 3.05. The molecule has 0 bridgehead atoms. The van der Waals surface area contributed by atoms with Crippen LogP contribution in [0.15, 0.2) is 66.2 Å². The number of hydrogen-bond donors (Lipinski definition) is 0. The molecular formula is C18H17NO2. The van der Waals surface area contributed by atoms with Crippen molar-refractivity contribution in [3.63, 3.8) is 0 Å². The number of methoxy groups -OCH3 is 1. The van der Waals surface area contributed by atoms with Crippen molar-refractivity contribution in [1.82, 2.24) is 0 Å². The lowest BCUT2D eigenvalue weighted by Gasteiger charge is -2.15. The van der Waals surface area contributed by atoms with Gasteiger partial charge in [0.25, 0.3) is 0 Å². The van der Waals surface area contributed by atoms with Crippen LogP contribution in [0.4, 0.5) is 0 Å². The van der Waals surface area contributed by atoms with E-state index >= 15 is 0 Å². The normalized spacial score (nSPS) is 17.0. The minimum Gasteiger partial charge on any atom is -0.497 e. The largest absolute Gasteiger partial charge is 0.497 e. The van der Waals surface area contributed by atoms with E-state index in [4.69, 9.17) is 9.47 Å². The van der Waals surface area contributed by atoms with Gasteiger partial charge in [0.1, 0.15) is 11.9 Å². The van der Waals surface area contributed by atoms with Crippen molar-refractivity contribution < 1.29 is 9.47 Å². The zero-order chi connectivity index (χ0) is 14.7. The third-order valence-electron chi connectivity index (χ3n) is 3.52. The monoisotopic (exact) mass is 279 g/mol. The van der Waals surface area contributed by atoms with Crippen LogP contribution in [-0.4, -0.2) is 25.7 Å². The Morgan fingerprint density at radius 1 is 1.14 bits per heavy atom. The van der Waals surface area contributed by atoms with E-state index in [9.17, 15) is 0 Å². The zero-order valence-electron chi connectivity index (χ0n) is 12.0. The Balaban J connectivity index is 1.70. The van der Waals surface area contributed by atoms with Crippen LogP contribution in [0.1, 0.15) is 11.1 Å². The van der Waals surface area contributed by atoms with E-state index in [0.717, 1.165) is 22.4 Å². The fraction of sp³-hybridized carbons (Fsp3) is 0.167. The average molecular weight is 279 g/mol. The summed E-state index contributed by atoms with van der Waals surface area (Å²) in [5, 5.41) is 0. The Morgan fingerprint density at radius 2 is 1.86 bits per heavy atom. The molecule has 0 fully saturated rings. The van der Waals surface area contributed by atoms with Crippen LogP contribution in [0, 0.1) is 0 Å². The Morgan fingerprint density at radius 3 is 2.52 bits per heavy atom. The van der Waals surface area contributed by atoms with Gasteiger partial charge in [0.15, 0.2) is 0 Å². The van der Waals surface area contributed by atoms with E-state index in [1.54, 1.807) is 7.11 Å². The topological polar surface area (TPSA) is 30.8 Å². The SMILES string of the molecule is C=C(c1ccc(OC)cc1)C1CN=C(c2ccccc2)O1. The van der Waals surface area contributed by atoms with Gasteiger partial charge >= 0.3 is 0 Å². The van der Waals surface area contributed by atoms with Crippen LogP contribution < -0.4 is 4.74 Å². The van der Waals surface area contributed by atoms with E-state index in [1.807, 2.05) is 54.6 Å². The van der Waals surface area contributed by atoms with Crippen molar-refractivity contribution in [3.05, 3.63) is 72.3 Å². The summed E-state index contributed by atoms with van der Waals surface area (Å²) < 4.78 is 11.1. The van der Waals surface area contributed by atoms with Crippen molar-refractivity contribution in [2.75, 3.05) is 13.7 Å². The first kappa shape index (κ1) is 13.4. The quantitative estimate of drug-likeness (QED) is 0.857. The molecule has 2 aromatic carbocycles. The fourth-order valence-electron chi connectivity index (χ4n) is 2.29. The first-order valence-corrected chi connectivity index (χ1v) is 6.87. The van der Waals surface area contributed by atoms with E-state index in [2.05, 4.69) is 11.6 Å². The minimum atomic E-state index is -0.103. The lowest BCUT2D eigenvalue weighted by atomic mass is 10.0. The van der Waals surface area contributed by atoms with Crippen molar-refractivity contribution in [1.29, 1.82) is 0 Å². The van der Waals surface area contributed by atoms with Crippen molar-refractivity contribution >= 4 is 11.5 Å². The predicted molar refractivity (Wildman–Crippen MR) is 84.7 cm³/mol. The van der Waals surface area contributed by atoms with Crippen LogP contribution in [0.2, 0.25) is 0 Å². The van der Waals surface area contributed by atoms with Gasteiger partial charge in [-0.2, -0.15) is 0 Å². The summed E-state index contributed by atoms with van der Waals surface area (Å²) in [7, 11) is 1.66. The van der Waals surface area contributed by atoms with Crippen LogP contribution in [0.25, 0.3) is 5.57 Å². The summed E-state index contributed by atoms with van der Waals surface area (Å²) in [6.07, 6.45) is -0.103. The highest BCUT2D eigenvalue weighted by molar-refractivity contribution is 5.96. The fourth-order valence-corrected chi connectivity index (χ4v) is 2.29. The predicted octanol–water partition coefficient (Wildman–Crippen LogP) is 3.55. The van der Waals surface area contributed by atoms with Gasteiger partial charge in [-0.25, -0.2) is 4.99 Å². The van der Waals surface area contributed by atoms with Crippen LogP contribution in [-0.2, 0) is 4.74 Å². The molecule has 0 spiro atoms. The number of rotatable bonds is 4. The molecule has 0 aliphatic carbocycles. The first-order valence-electron chi connectivity index (χ1n) is 6.87. The summed E-state index contributed by atoms with van der Waals surface area (Å²) in [6.45, 7) is 4.76. The summed E-state index contributed by atoms with van der Waals surface area (Å²) in [6, 6.07) is 17.8. The summed E-state index contributed by atoms with van der Waals surface area (Å²) in [4.78, 5) is 4.48. The van der Waals surface area contributed by atoms with Gasteiger partial charge in [-0.3, -0.25) is 0 Å². The van der Waals surface area contributed by atoms with E-state index in [0.29, 0.717) is 12.4 Å². The zero-order valence-corrected chi connectivity index (χ0v) is 12.0.